The average Bonchev–Trinajstić information content (AvgIpc) is 2.34. The van der Waals surface area contributed by atoms with E-state index in [-0.39, 0.29) is 0 Å². The summed E-state index contributed by atoms with van der Waals surface area (Å²) >= 11 is 0. The van der Waals surface area contributed by atoms with Gasteiger partial charge in [-0.05, 0) is 49.2 Å². The van der Waals surface area contributed by atoms with Crippen LogP contribution in [0, 0.1) is 25.7 Å². The zero-order valence-electron chi connectivity index (χ0n) is 9.99. The minimum Gasteiger partial charge on any atom is -0.507 e. The first-order chi connectivity index (χ1) is 8.16. The number of hydrogen-bond donors (Lipinski definition) is 1. The van der Waals surface area contributed by atoms with E-state index in [0.29, 0.717) is 5.75 Å². The van der Waals surface area contributed by atoms with Gasteiger partial charge in [-0.15, -0.1) is 0 Å². The molecule has 0 aliphatic rings. The molecule has 1 heteroatoms. The smallest absolute Gasteiger partial charge is 0.121 e. The van der Waals surface area contributed by atoms with Crippen LogP contribution in [0.3, 0.4) is 0 Å². The predicted molar refractivity (Wildman–Crippen MR) is 70.0 cm³/mol. The molecule has 0 radical (unpaired) electrons. The normalized spacial score (nSPS) is 9.53. The van der Waals surface area contributed by atoms with Crippen molar-refractivity contribution in [2.45, 2.75) is 13.8 Å². The van der Waals surface area contributed by atoms with Crippen molar-refractivity contribution >= 4 is 0 Å². The van der Waals surface area contributed by atoms with Crippen molar-refractivity contribution in [2.24, 2.45) is 0 Å². The van der Waals surface area contributed by atoms with Gasteiger partial charge in [-0.2, -0.15) is 0 Å². The lowest BCUT2D eigenvalue weighted by Crippen LogP contribution is -1.84. The van der Waals surface area contributed by atoms with Gasteiger partial charge in [0.25, 0.3) is 0 Å². The third kappa shape index (κ3) is 2.68. The Hall–Kier alpha value is -2.20. The van der Waals surface area contributed by atoms with Gasteiger partial charge in [-0.1, -0.05) is 30.0 Å². The summed E-state index contributed by atoms with van der Waals surface area (Å²) in [5.74, 6) is 6.57. The molecule has 0 amide bonds. The Bertz CT molecular complexity index is 563. The van der Waals surface area contributed by atoms with Crippen LogP contribution in [-0.2, 0) is 0 Å². The highest BCUT2D eigenvalue weighted by Crippen LogP contribution is 2.22. The van der Waals surface area contributed by atoms with E-state index < -0.39 is 0 Å². The van der Waals surface area contributed by atoms with E-state index >= 15 is 0 Å². The Morgan fingerprint density at radius 2 is 1.35 bits per heavy atom. The standard InChI is InChI=1S/C16H14O/c1-12-10-15(11-13(2)16(12)17)9-8-14-6-4-3-5-7-14/h3-7,10-11,17H,1-2H3. The van der Waals surface area contributed by atoms with Crippen LogP contribution in [0.2, 0.25) is 0 Å². The highest BCUT2D eigenvalue weighted by Gasteiger charge is 2.01. The molecular formula is C16H14O. The molecule has 0 aliphatic carbocycles. The fourth-order valence-corrected chi connectivity index (χ4v) is 1.69. The molecular weight excluding hydrogens is 208 g/mol. The largest absolute Gasteiger partial charge is 0.507 e. The number of rotatable bonds is 0. The lowest BCUT2D eigenvalue weighted by atomic mass is 10.1. The van der Waals surface area contributed by atoms with Crippen LogP contribution in [-0.4, -0.2) is 5.11 Å². The molecule has 17 heavy (non-hydrogen) atoms. The minimum atomic E-state index is 0.357. The molecule has 0 aromatic heterocycles. The summed E-state index contributed by atoms with van der Waals surface area (Å²) in [5, 5.41) is 9.67. The number of aromatic hydroxyl groups is 1. The third-order valence-electron chi connectivity index (χ3n) is 2.62. The Morgan fingerprint density at radius 3 is 1.94 bits per heavy atom. The van der Waals surface area contributed by atoms with Gasteiger partial charge in [0, 0.05) is 11.1 Å². The number of phenolic OH excluding ortho intramolecular Hbond substituents is 1. The zero-order valence-corrected chi connectivity index (χ0v) is 9.99. The fourth-order valence-electron chi connectivity index (χ4n) is 1.69. The summed E-state index contributed by atoms with van der Waals surface area (Å²) in [6, 6.07) is 13.7. The topological polar surface area (TPSA) is 20.2 Å². The molecule has 84 valence electrons. The minimum absolute atomic E-state index is 0.357. The summed E-state index contributed by atoms with van der Waals surface area (Å²) in [5.41, 5.74) is 3.65. The highest BCUT2D eigenvalue weighted by molar-refractivity contribution is 5.50. The van der Waals surface area contributed by atoms with E-state index in [1.54, 1.807) is 0 Å². The quantitative estimate of drug-likeness (QED) is 0.677. The van der Waals surface area contributed by atoms with E-state index in [4.69, 9.17) is 0 Å². The first kappa shape index (κ1) is 11.3. The first-order valence-corrected chi connectivity index (χ1v) is 5.54. The summed E-state index contributed by atoms with van der Waals surface area (Å²) in [7, 11) is 0. The van der Waals surface area contributed by atoms with E-state index in [9.17, 15) is 5.11 Å². The summed E-state index contributed by atoms with van der Waals surface area (Å²) in [6.07, 6.45) is 0. The number of aryl methyl sites for hydroxylation is 2. The van der Waals surface area contributed by atoms with Crippen LogP contribution < -0.4 is 0 Å². The van der Waals surface area contributed by atoms with Gasteiger partial charge in [0.2, 0.25) is 0 Å². The van der Waals surface area contributed by atoms with Crippen molar-refractivity contribution in [3.05, 3.63) is 64.7 Å². The van der Waals surface area contributed by atoms with Crippen LogP contribution in [0.4, 0.5) is 0 Å². The van der Waals surface area contributed by atoms with Crippen LogP contribution in [0.5, 0.6) is 5.75 Å². The van der Waals surface area contributed by atoms with Crippen molar-refractivity contribution in [2.75, 3.05) is 0 Å². The second kappa shape index (κ2) is 4.76. The van der Waals surface area contributed by atoms with Crippen molar-refractivity contribution in [3.63, 3.8) is 0 Å². The molecule has 2 rings (SSSR count). The van der Waals surface area contributed by atoms with Gasteiger partial charge < -0.3 is 5.11 Å². The van der Waals surface area contributed by atoms with Gasteiger partial charge in [0.1, 0.15) is 5.75 Å². The molecule has 2 aromatic rings. The summed E-state index contributed by atoms with van der Waals surface area (Å²) < 4.78 is 0. The molecule has 2 aromatic carbocycles. The molecule has 0 spiro atoms. The Labute approximate surface area is 102 Å². The molecule has 0 atom stereocenters. The first-order valence-electron chi connectivity index (χ1n) is 5.54. The van der Waals surface area contributed by atoms with Crippen LogP contribution in [0.15, 0.2) is 42.5 Å². The SMILES string of the molecule is Cc1cc(C#Cc2ccccc2)cc(C)c1O. The lowest BCUT2D eigenvalue weighted by Gasteiger charge is -2.03. The van der Waals surface area contributed by atoms with Gasteiger partial charge in [-0.25, -0.2) is 0 Å². The summed E-state index contributed by atoms with van der Waals surface area (Å²) in [6.45, 7) is 3.77. The van der Waals surface area contributed by atoms with Gasteiger partial charge in [-0.3, -0.25) is 0 Å². The van der Waals surface area contributed by atoms with Crippen molar-refractivity contribution < 1.29 is 5.11 Å². The van der Waals surface area contributed by atoms with E-state index in [2.05, 4.69) is 11.8 Å². The molecule has 0 saturated heterocycles. The maximum atomic E-state index is 9.67. The molecule has 0 bridgehead atoms. The Balaban J connectivity index is 2.35. The van der Waals surface area contributed by atoms with E-state index in [1.807, 2.05) is 56.3 Å². The van der Waals surface area contributed by atoms with Crippen LogP contribution in [0.1, 0.15) is 22.3 Å². The van der Waals surface area contributed by atoms with Gasteiger partial charge in [0.15, 0.2) is 0 Å². The molecule has 0 fully saturated rings. The lowest BCUT2D eigenvalue weighted by molar-refractivity contribution is 0.467. The Morgan fingerprint density at radius 1 is 0.824 bits per heavy atom. The predicted octanol–water partition coefficient (Wildman–Crippen LogP) is 3.41. The van der Waals surface area contributed by atoms with E-state index in [0.717, 1.165) is 22.3 Å². The van der Waals surface area contributed by atoms with Gasteiger partial charge in [0.05, 0.1) is 0 Å². The second-order valence-electron chi connectivity index (χ2n) is 4.07. The molecule has 0 heterocycles. The van der Waals surface area contributed by atoms with Crippen molar-refractivity contribution in [1.29, 1.82) is 0 Å². The van der Waals surface area contributed by atoms with Crippen molar-refractivity contribution in [3.8, 4) is 17.6 Å². The van der Waals surface area contributed by atoms with Crippen LogP contribution >= 0.6 is 0 Å². The molecule has 1 nitrogen and oxygen atoms in total. The number of phenols is 1. The second-order valence-corrected chi connectivity index (χ2v) is 4.07. The fraction of sp³-hybridized carbons (Fsp3) is 0.125. The van der Waals surface area contributed by atoms with Gasteiger partial charge >= 0.3 is 0 Å². The maximum absolute atomic E-state index is 9.67. The van der Waals surface area contributed by atoms with E-state index in [1.165, 1.54) is 0 Å². The third-order valence-corrected chi connectivity index (χ3v) is 2.62. The molecule has 0 saturated carbocycles. The number of hydrogen-bond acceptors (Lipinski definition) is 1. The molecule has 0 unspecified atom stereocenters. The highest BCUT2D eigenvalue weighted by atomic mass is 16.3. The zero-order chi connectivity index (χ0) is 12.3. The Kier molecular flexibility index (Phi) is 3.16. The molecule has 1 N–H and O–H groups in total. The van der Waals surface area contributed by atoms with Crippen molar-refractivity contribution in [1.82, 2.24) is 0 Å². The number of benzene rings is 2. The monoisotopic (exact) mass is 222 g/mol. The van der Waals surface area contributed by atoms with Crippen LogP contribution in [0.25, 0.3) is 0 Å². The summed E-state index contributed by atoms with van der Waals surface area (Å²) in [4.78, 5) is 0. The molecule has 0 aliphatic heterocycles. The average molecular weight is 222 g/mol. The maximum Gasteiger partial charge on any atom is 0.121 e.